The van der Waals surface area contributed by atoms with E-state index in [-0.39, 0.29) is 17.4 Å². The molecule has 19 heavy (non-hydrogen) atoms. The van der Waals surface area contributed by atoms with Crippen molar-refractivity contribution < 1.29 is 9.66 Å². The summed E-state index contributed by atoms with van der Waals surface area (Å²) in [5.74, 6) is 0.357. The molecular formula is C13H15N3O3. The van der Waals surface area contributed by atoms with Crippen LogP contribution >= 0.6 is 0 Å². The minimum atomic E-state index is -0.474. The summed E-state index contributed by atoms with van der Waals surface area (Å²) in [5, 5.41) is 22.8. The van der Waals surface area contributed by atoms with Crippen molar-refractivity contribution in [1.82, 2.24) is 0 Å². The first-order valence-corrected chi connectivity index (χ1v) is 6.16. The lowest BCUT2D eigenvalue weighted by Crippen LogP contribution is -2.21. The van der Waals surface area contributed by atoms with Crippen molar-refractivity contribution in [3.05, 3.63) is 33.9 Å². The Balaban J connectivity index is 2.11. The number of anilines is 1. The maximum atomic E-state index is 11.0. The van der Waals surface area contributed by atoms with Crippen LogP contribution in [0.15, 0.2) is 18.2 Å². The Labute approximate surface area is 111 Å². The summed E-state index contributed by atoms with van der Waals surface area (Å²) < 4.78 is 5.45. The average Bonchev–Trinajstić information content (AvgIpc) is 2.81. The second-order valence-corrected chi connectivity index (χ2v) is 4.61. The molecule has 1 aliphatic rings. The average molecular weight is 261 g/mol. The summed E-state index contributed by atoms with van der Waals surface area (Å²) in [4.78, 5) is 10.5. The molecule has 2 atom stereocenters. The highest BCUT2D eigenvalue weighted by Gasteiger charge is 2.24. The van der Waals surface area contributed by atoms with Crippen molar-refractivity contribution in [1.29, 1.82) is 5.26 Å². The van der Waals surface area contributed by atoms with Gasteiger partial charge < -0.3 is 10.1 Å². The van der Waals surface area contributed by atoms with Gasteiger partial charge in [0.2, 0.25) is 0 Å². The van der Waals surface area contributed by atoms with Crippen molar-refractivity contribution in [2.24, 2.45) is 5.92 Å². The van der Waals surface area contributed by atoms with Gasteiger partial charge in [0.05, 0.1) is 22.7 Å². The van der Waals surface area contributed by atoms with Gasteiger partial charge >= 0.3 is 0 Å². The van der Waals surface area contributed by atoms with Crippen LogP contribution in [0.2, 0.25) is 0 Å². The van der Waals surface area contributed by atoms with Gasteiger partial charge in [0, 0.05) is 25.1 Å². The van der Waals surface area contributed by atoms with Crippen molar-refractivity contribution >= 4 is 11.4 Å². The van der Waals surface area contributed by atoms with Gasteiger partial charge in [-0.25, -0.2) is 0 Å². The Morgan fingerprint density at radius 1 is 1.63 bits per heavy atom. The Morgan fingerprint density at radius 2 is 2.42 bits per heavy atom. The molecule has 0 bridgehead atoms. The number of nitro benzene ring substituents is 1. The fourth-order valence-electron chi connectivity index (χ4n) is 2.19. The van der Waals surface area contributed by atoms with E-state index in [1.807, 2.05) is 13.0 Å². The van der Waals surface area contributed by atoms with E-state index in [1.54, 1.807) is 12.1 Å². The molecule has 0 aromatic heterocycles. The van der Waals surface area contributed by atoms with E-state index in [0.717, 1.165) is 13.0 Å². The number of nitro groups is 1. The van der Waals surface area contributed by atoms with Crippen LogP contribution in [-0.2, 0) is 4.74 Å². The number of hydrogen-bond acceptors (Lipinski definition) is 5. The summed E-state index contributed by atoms with van der Waals surface area (Å²) in [6, 6.07) is 6.34. The van der Waals surface area contributed by atoms with E-state index in [1.165, 1.54) is 6.07 Å². The first-order valence-electron chi connectivity index (χ1n) is 6.16. The topological polar surface area (TPSA) is 88.2 Å². The molecule has 1 saturated heterocycles. The van der Waals surface area contributed by atoms with Gasteiger partial charge in [0.1, 0.15) is 5.69 Å². The van der Waals surface area contributed by atoms with Crippen molar-refractivity contribution in [2.45, 2.75) is 19.4 Å². The monoisotopic (exact) mass is 261 g/mol. The predicted molar refractivity (Wildman–Crippen MR) is 69.8 cm³/mol. The van der Waals surface area contributed by atoms with Gasteiger partial charge in [-0.05, 0) is 25.5 Å². The lowest BCUT2D eigenvalue weighted by atomic mass is 10.0. The molecule has 2 rings (SSSR count). The van der Waals surface area contributed by atoms with E-state index in [4.69, 9.17) is 10.00 Å². The maximum Gasteiger partial charge on any atom is 0.293 e. The normalized spacial score (nSPS) is 21.9. The van der Waals surface area contributed by atoms with Crippen LogP contribution in [0.1, 0.15) is 18.9 Å². The molecule has 1 aromatic rings. The molecule has 0 aliphatic carbocycles. The molecular weight excluding hydrogens is 246 g/mol. The zero-order valence-electron chi connectivity index (χ0n) is 10.6. The SMILES string of the molecule is CC1OCCC1CNc1ccc(C#N)cc1[N+](=O)[O-]. The second kappa shape index (κ2) is 5.67. The third kappa shape index (κ3) is 3.01. The molecule has 6 nitrogen and oxygen atoms in total. The van der Waals surface area contributed by atoms with Gasteiger partial charge in [-0.3, -0.25) is 10.1 Å². The zero-order chi connectivity index (χ0) is 13.8. The first-order chi connectivity index (χ1) is 9.11. The highest BCUT2D eigenvalue weighted by atomic mass is 16.6. The lowest BCUT2D eigenvalue weighted by molar-refractivity contribution is -0.384. The quantitative estimate of drug-likeness (QED) is 0.663. The summed E-state index contributed by atoms with van der Waals surface area (Å²) in [6.45, 7) is 3.38. The van der Waals surface area contributed by atoms with Crippen LogP contribution in [0.5, 0.6) is 0 Å². The van der Waals surface area contributed by atoms with Crippen molar-refractivity contribution in [3.63, 3.8) is 0 Å². The van der Waals surface area contributed by atoms with Crippen LogP contribution < -0.4 is 5.32 Å². The van der Waals surface area contributed by atoms with E-state index < -0.39 is 4.92 Å². The molecule has 1 aromatic carbocycles. The first kappa shape index (κ1) is 13.3. The Hall–Kier alpha value is -2.13. The molecule has 1 aliphatic heterocycles. The van der Waals surface area contributed by atoms with Gasteiger partial charge in [0.25, 0.3) is 5.69 Å². The molecule has 0 amide bonds. The van der Waals surface area contributed by atoms with Crippen LogP contribution in [0, 0.1) is 27.4 Å². The molecule has 0 saturated carbocycles. The van der Waals surface area contributed by atoms with Crippen LogP contribution in [0.25, 0.3) is 0 Å². The van der Waals surface area contributed by atoms with Gasteiger partial charge in [0.15, 0.2) is 0 Å². The van der Waals surface area contributed by atoms with E-state index in [0.29, 0.717) is 18.2 Å². The van der Waals surface area contributed by atoms with Gasteiger partial charge in [-0.2, -0.15) is 5.26 Å². The molecule has 1 heterocycles. The third-order valence-electron chi connectivity index (χ3n) is 3.41. The number of rotatable bonds is 4. The number of nitrogens with one attached hydrogen (secondary N) is 1. The Morgan fingerprint density at radius 3 is 3.00 bits per heavy atom. The molecule has 6 heteroatoms. The fraction of sp³-hybridized carbons (Fsp3) is 0.462. The Kier molecular flexibility index (Phi) is 3.97. The molecule has 2 unspecified atom stereocenters. The highest BCUT2D eigenvalue weighted by molar-refractivity contribution is 5.64. The molecule has 100 valence electrons. The lowest BCUT2D eigenvalue weighted by Gasteiger charge is -2.15. The zero-order valence-corrected chi connectivity index (χ0v) is 10.6. The van der Waals surface area contributed by atoms with Crippen LogP contribution in [0.4, 0.5) is 11.4 Å². The van der Waals surface area contributed by atoms with Gasteiger partial charge in [-0.15, -0.1) is 0 Å². The predicted octanol–water partition coefficient (Wildman–Crippen LogP) is 2.30. The minimum absolute atomic E-state index is 0.0642. The van der Waals surface area contributed by atoms with Crippen molar-refractivity contribution in [2.75, 3.05) is 18.5 Å². The smallest absolute Gasteiger partial charge is 0.293 e. The minimum Gasteiger partial charge on any atom is -0.379 e. The maximum absolute atomic E-state index is 11.0. The second-order valence-electron chi connectivity index (χ2n) is 4.61. The largest absolute Gasteiger partial charge is 0.379 e. The van der Waals surface area contributed by atoms with Crippen LogP contribution in [-0.4, -0.2) is 24.2 Å². The van der Waals surface area contributed by atoms with E-state index >= 15 is 0 Å². The number of nitrogens with zero attached hydrogens (tertiary/aromatic N) is 2. The van der Waals surface area contributed by atoms with E-state index in [2.05, 4.69) is 5.32 Å². The molecule has 0 radical (unpaired) electrons. The van der Waals surface area contributed by atoms with Crippen molar-refractivity contribution in [3.8, 4) is 6.07 Å². The summed E-state index contributed by atoms with van der Waals surface area (Å²) in [7, 11) is 0. The third-order valence-corrected chi connectivity index (χ3v) is 3.41. The summed E-state index contributed by atoms with van der Waals surface area (Å²) in [6.07, 6.45) is 1.13. The molecule has 1 N–H and O–H groups in total. The fourth-order valence-corrected chi connectivity index (χ4v) is 2.19. The summed E-state index contributed by atoms with van der Waals surface area (Å²) in [5.41, 5.74) is 0.670. The van der Waals surface area contributed by atoms with Crippen LogP contribution in [0.3, 0.4) is 0 Å². The summed E-state index contributed by atoms with van der Waals surface area (Å²) >= 11 is 0. The Bertz CT molecular complexity index is 524. The van der Waals surface area contributed by atoms with E-state index in [9.17, 15) is 10.1 Å². The molecule has 0 spiro atoms. The number of benzene rings is 1. The number of hydrogen-bond donors (Lipinski definition) is 1. The standard InChI is InChI=1S/C13H15N3O3/c1-9-11(4-5-19-9)8-15-12-3-2-10(7-14)6-13(12)16(17)18/h2-3,6,9,11,15H,4-5,8H2,1H3. The van der Waals surface area contributed by atoms with Gasteiger partial charge in [-0.1, -0.05) is 0 Å². The molecule has 1 fully saturated rings. The number of ether oxygens (including phenoxy) is 1. The highest BCUT2D eigenvalue weighted by Crippen LogP contribution is 2.27. The number of nitriles is 1.